The van der Waals surface area contributed by atoms with E-state index in [0.29, 0.717) is 27.3 Å². The van der Waals surface area contributed by atoms with Crippen molar-refractivity contribution in [3.63, 3.8) is 0 Å². The molecule has 0 amide bonds. The summed E-state index contributed by atoms with van der Waals surface area (Å²) < 4.78 is 14.7. The lowest BCUT2D eigenvalue weighted by Gasteiger charge is -2.23. The average Bonchev–Trinajstić information content (AvgIpc) is 3.41. The van der Waals surface area contributed by atoms with Crippen LogP contribution in [0.5, 0.6) is 0 Å². The number of hydrazine groups is 2. The van der Waals surface area contributed by atoms with Gasteiger partial charge in [0, 0.05) is 40.9 Å². The van der Waals surface area contributed by atoms with E-state index in [9.17, 15) is 9.65 Å². The van der Waals surface area contributed by atoms with Crippen molar-refractivity contribution in [1.29, 1.82) is 5.26 Å². The third-order valence-electron chi connectivity index (χ3n) is 5.74. The molecule has 180 valence electrons. The summed E-state index contributed by atoms with van der Waals surface area (Å²) in [7, 11) is 0. The van der Waals surface area contributed by atoms with Crippen molar-refractivity contribution in [2.75, 3.05) is 10.6 Å². The van der Waals surface area contributed by atoms with Gasteiger partial charge < -0.3 is 21.5 Å². The van der Waals surface area contributed by atoms with E-state index in [1.54, 1.807) is 24.5 Å². The van der Waals surface area contributed by atoms with Gasteiger partial charge in [0.1, 0.15) is 6.07 Å². The first-order valence-electron chi connectivity index (χ1n) is 10.8. The summed E-state index contributed by atoms with van der Waals surface area (Å²) in [6.07, 6.45) is 4.94. The van der Waals surface area contributed by atoms with Crippen LogP contribution in [-0.4, -0.2) is 9.97 Å². The fourth-order valence-corrected chi connectivity index (χ4v) is 4.45. The molecule has 5 N–H and O–H groups in total. The van der Waals surface area contributed by atoms with Gasteiger partial charge in [-0.3, -0.25) is 9.97 Å². The zero-order chi connectivity index (χ0) is 25.2. The Morgan fingerprint density at radius 2 is 1.97 bits per heavy atom. The van der Waals surface area contributed by atoms with Gasteiger partial charge in [-0.2, -0.15) is 10.8 Å². The molecule has 0 saturated heterocycles. The molecule has 36 heavy (non-hydrogen) atoms. The van der Waals surface area contributed by atoms with Crippen molar-refractivity contribution >= 4 is 51.2 Å². The van der Waals surface area contributed by atoms with Crippen LogP contribution in [0, 0.1) is 24.1 Å². The van der Waals surface area contributed by atoms with Crippen molar-refractivity contribution in [1.82, 2.24) is 26.4 Å². The van der Waals surface area contributed by atoms with E-state index in [0.717, 1.165) is 17.0 Å². The molecular weight excluding hydrogens is 502 g/mol. The second kappa shape index (κ2) is 9.87. The van der Waals surface area contributed by atoms with Crippen LogP contribution < -0.4 is 27.0 Å². The van der Waals surface area contributed by atoms with Gasteiger partial charge in [0.25, 0.3) is 0 Å². The van der Waals surface area contributed by atoms with E-state index in [4.69, 9.17) is 23.2 Å². The molecule has 8 nitrogen and oxygen atoms in total. The summed E-state index contributed by atoms with van der Waals surface area (Å²) in [5, 5.41) is 17.1. The third kappa shape index (κ3) is 4.45. The van der Waals surface area contributed by atoms with Gasteiger partial charge in [-0.25, -0.2) is 4.39 Å². The number of aromatic nitrogens is 2. The first-order valence-corrected chi connectivity index (χ1v) is 11.6. The Bertz CT molecular complexity index is 1550. The maximum atomic E-state index is 14.7. The molecule has 0 spiro atoms. The minimum absolute atomic E-state index is 0.0357. The molecule has 0 bridgehead atoms. The van der Waals surface area contributed by atoms with Crippen LogP contribution >= 0.6 is 23.2 Å². The van der Waals surface area contributed by atoms with E-state index in [1.165, 1.54) is 18.3 Å². The lowest BCUT2D eigenvalue weighted by molar-refractivity contribution is 0.582. The highest BCUT2D eigenvalue weighted by Crippen LogP contribution is 2.37. The molecule has 0 aliphatic carbocycles. The number of halogens is 3. The number of rotatable bonds is 6. The monoisotopic (exact) mass is 520 g/mol. The summed E-state index contributed by atoms with van der Waals surface area (Å²) in [5.41, 5.74) is 13.3. The highest BCUT2D eigenvalue weighted by Gasteiger charge is 2.23. The van der Waals surface area contributed by atoms with Crippen LogP contribution in [0.4, 0.5) is 21.5 Å². The van der Waals surface area contributed by atoms with Crippen LogP contribution in [0.1, 0.15) is 22.9 Å². The van der Waals surface area contributed by atoms with Crippen LogP contribution in [0.25, 0.3) is 10.9 Å². The molecule has 11 heteroatoms. The Balaban J connectivity index is 1.63. The molecule has 1 aliphatic heterocycles. The molecule has 2 aromatic carbocycles. The summed E-state index contributed by atoms with van der Waals surface area (Å²) >= 11 is 12.6. The molecule has 4 aromatic rings. The molecule has 0 unspecified atom stereocenters. The van der Waals surface area contributed by atoms with Crippen LogP contribution in [0.3, 0.4) is 0 Å². The number of benzene rings is 2. The first-order chi connectivity index (χ1) is 17.5. The van der Waals surface area contributed by atoms with Gasteiger partial charge in [-0.1, -0.05) is 35.3 Å². The Labute approximate surface area is 216 Å². The fraction of sp³-hybridized carbons (Fsp3) is 0.0800. The number of hydrogen-bond acceptors (Lipinski definition) is 8. The number of nitriles is 1. The maximum absolute atomic E-state index is 14.7. The molecule has 5 rings (SSSR count). The lowest BCUT2D eigenvalue weighted by atomic mass is 10.0. The van der Waals surface area contributed by atoms with E-state index >= 15 is 0 Å². The van der Waals surface area contributed by atoms with Gasteiger partial charge in [-0.05, 0) is 37.3 Å². The van der Waals surface area contributed by atoms with E-state index < -0.39 is 5.82 Å². The number of nitrogens with zero attached hydrogens (tertiary/aromatic N) is 3. The largest absolute Gasteiger partial charge is 0.373 e. The SMILES string of the molecule is Cc1ncccc1[C@H](Nc1cc(Cl)c2ncc(C#N)c(Nc3cccc(Cl)c3F)c2c1)C1=CNNN1. The summed E-state index contributed by atoms with van der Waals surface area (Å²) in [4.78, 5) is 8.78. The molecule has 0 fully saturated rings. The first kappa shape index (κ1) is 23.6. The van der Waals surface area contributed by atoms with Crippen LogP contribution in [0.15, 0.2) is 66.8 Å². The van der Waals surface area contributed by atoms with E-state index in [1.807, 2.05) is 25.1 Å². The van der Waals surface area contributed by atoms with Crippen molar-refractivity contribution < 1.29 is 4.39 Å². The van der Waals surface area contributed by atoms with Gasteiger partial charge in [0.2, 0.25) is 0 Å². The molecule has 3 heterocycles. The van der Waals surface area contributed by atoms with E-state index in [2.05, 4.69) is 43.1 Å². The molecule has 0 radical (unpaired) electrons. The maximum Gasteiger partial charge on any atom is 0.165 e. The smallest absolute Gasteiger partial charge is 0.165 e. The Morgan fingerprint density at radius 3 is 2.72 bits per heavy atom. The van der Waals surface area contributed by atoms with E-state index in [-0.39, 0.29) is 22.3 Å². The standard InChI is InChI=1S/C25H19Cl2FN8/c1-13-16(4-3-7-30-13)25(21-12-32-36-35-21)33-15-8-17-23(34-20-6-2-5-18(26)22(20)28)14(10-29)11-31-24(17)19(27)9-15/h2-9,11-12,25,32-33,35-36H,1H3,(H,31,34)/t25-/m0/s1. The Hall–Kier alpha value is -4.10. The third-order valence-corrected chi connectivity index (χ3v) is 6.32. The molecule has 1 atom stereocenters. The second-order valence-corrected chi connectivity index (χ2v) is 8.80. The molecule has 1 aliphatic rings. The number of anilines is 3. The van der Waals surface area contributed by atoms with Crippen molar-refractivity contribution in [2.24, 2.45) is 0 Å². The number of aryl methyl sites for hydroxylation is 1. The van der Waals surface area contributed by atoms with Crippen molar-refractivity contribution in [3.05, 3.63) is 99.4 Å². The molecule has 2 aromatic heterocycles. The number of fused-ring (bicyclic) bond motifs is 1. The number of hydrogen-bond donors (Lipinski definition) is 5. The van der Waals surface area contributed by atoms with Crippen molar-refractivity contribution in [2.45, 2.75) is 13.0 Å². The van der Waals surface area contributed by atoms with Crippen molar-refractivity contribution in [3.8, 4) is 6.07 Å². The lowest BCUT2D eigenvalue weighted by Crippen LogP contribution is -2.34. The fourth-order valence-electron chi connectivity index (χ4n) is 4.00. The van der Waals surface area contributed by atoms with Gasteiger partial charge in [-0.15, -0.1) is 0 Å². The predicted molar refractivity (Wildman–Crippen MR) is 139 cm³/mol. The highest BCUT2D eigenvalue weighted by molar-refractivity contribution is 6.36. The molecule has 0 saturated carbocycles. The predicted octanol–water partition coefficient (Wildman–Crippen LogP) is 5.61. The summed E-state index contributed by atoms with van der Waals surface area (Å²) in [6, 6.07) is 13.8. The van der Waals surface area contributed by atoms with Gasteiger partial charge in [0.05, 0.1) is 44.2 Å². The summed E-state index contributed by atoms with van der Waals surface area (Å²) in [6.45, 7) is 1.93. The Morgan fingerprint density at radius 1 is 1.11 bits per heavy atom. The van der Waals surface area contributed by atoms with Gasteiger partial charge >= 0.3 is 0 Å². The minimum Gasteiger partial charge on any atom is -0.373 e. The van der Waals surface area contributed by atoms with Crippen LogP contribution in [-0.2, 0) is 0 Å². The number of nitrogens with one attached hydrogen (secondary N) is 5. The quantitative estimate of drug-likeness (QED) is 0.223. The average molecular weight is 521 g/mol. The zero-order valence-electron chi connectivity index (χ0n) is 18.8. The minimum atomic E-state index is -0.625. The summed E-state index contributed by atoms with van der Waals surface area (Å²) in [5.74, 6) is -0.625. The normalized spacial score (nSPS) is 13.4. The van der Waals surface area contributed by atoms with Gasteiger partial charge in [0.15, 0.2) is 5.82 Å². The zero-order valence-corrected chi connectivity index (χ0v) is 20.3. The number of pyridine rings is 2. The topological polar surface area (TPSA) is 110 Å². The van der Waals surface area contributed by atoms with Crippen LogP contribution in [0.2, 0.25) is 10.0 Å². The highest BCUT2D eigenvalue weighted by atomic mass is 35.5. The Kier molecular flexibility index (Phi) is 6.48. The second-order valence-electron chi connectivity index (χ2n) is 7.99. The molecular formula is C25H19Cl2FN8.